The van der Waals surface area contributed by atoms with E-state index in [1.807, 2.05) is 30.7 Å². The van der Waals surface area contributed by atoms with E-state index in [-0.39, 0.29) is 23.9 Å². The first kappa shape index (κ1) is 19.3. The number of carbonyl (C=O) groups is 1. The van der Waals surface area contributed by atoms with Crippen molar-refractivity contribution in [1.29, 1.82) is 0 Å². The summed E-state index contributed by atoms with van der Waals surface area (Å²) in [5, 5.41) is 0. The van der Waals surface area contributed by atoms with Crippen LogP contribution in [-0.2, 0) is 24.3 Å². The molecule has 2 aromatic carbocycles. The first-order valence-electron chi connectivity index (χ1n) is 9.86. The lowest BCUT2D eigenvalue weighted by molar-refractivity contribution is -0.131. The van der Waals surface area contributed by atoms with Crippen LogP contribution in [0.1, 0.15) is 29.7 Å². The van der Waals surface area contributed by atoms with Gasteiger partial charge in [-0.2, -0.15) is 0 Å². The molecule has 1 fully saturated rings. The second-order valence-electron chi connectivity index (χ2n) is 7.50. The third-order valence-corrected chi connectivity index (χ3v) is 5.54. The highest BCUT2D eigenvalue weighted by atomic mass is 19.2. The molecule has 0 aliphatic carbocycles. The van der Waals surface area contributed by atoms with Gasteiger partial charge in [-0.25, -0.2) is 13.8 Å². The molecule has 0 N–H and O–H groups in total. The molecule has 150 valence electrons. The van der Waals surface area contributed by atoms with E-state index in [4.69, 9.17) is 0 Å². The molecule has 29 heavy (non-hydrogen) atoms. The second kappa shape index (κ2) is 8.55. The number of hydrogen-bond acceptors (Lipinski definition) is 2. The van der Waals surface area contributed by atoms with Gasteiger partial charge in [0.05, 0.1) is 6.33 Å². The van der Waals surface area contributed by atoms with Gasteiger partial charge in [-0.15, -0.1) is 0 Å². The maximum absolute atomic E-state index is 13.9. The summed E-state index contributed by atoms with van der Waals surface area (Å²) < 4.78 is 29.4. The third-order valence-electron chi connectivity index (χ3n) is 5.54. The lowest BCUT2D eigenvalue weighted by Crippen LogP contribution is -2.27. The number of rotatable bonds is 7. The van der Waals surface area contributed by atoms with E-state index in [0.29, 0.717) is 6.54 Å². The molecule has 0 bridgehead atoms. The molecule has 0 spiro atoms. The van der Waals surface area contributed by atoms with Crippen LogP contribution in [0.4, 0.5) is 8.78 Å². The largest absolute Gasteiger partial charge is 0.338 e. The van der Waals surface area contributed by atoms with Gasteiger partial charge in [-0.1, -0.05) is 42.5 Å². The molecule has 1 atom stereocenters. The van der Waals surface area contributed by atoms with Crippen molar-refractivity contribution in [3.05, 3.63) is 89.5 Å². The predicted molar refractivity (Wildman–Crippen MR) is 106 cm³/mol. The van der Waals surface area contributed by atoms with E-state index in [1.54, 1.807) is 4.90 Å². The predicted octanol–water partition coefficient (Wildman–Crippen LogP) is 4.19. The van der Waals surface area contributed by atoms with Gasteiger partial charge in [0.15, 0.2) is 11.6 Å². The number of amides is 1. The van der Waals surface area contributed by atoms with Crippen LogP contribution in [0.25, 0.3) is 0 Å². The fourth-order valence-corrected chi connectivity index (χ4v) is 3.91. The van der Waals surface area contributed by atoms with Crippen LogP contribution in [0.15, 0.2) is 61.1 Å². The van der Waals surface area contributed by atoms with E-state index in [0.717, 1.165) is 37.6 Å². The molecule has 0 radical (unpaired) electrons. The average molecular weight is 395 g/mol. The summed E-state index contributed by atoms with van der Waals surface area (Å²) in [6.07, 6.45) is 5.88. The standard InChI is InChI=1S/C23H23F2N3O/c24-21-8-4-7-19(22(21)25)15-27-12-11-18(23(27)29)9-10-20-13-26-16-28(20)14-17-5-2-1-3-6-17/h1-8,13,16,18H,9-12,14-15H2/t18-/m0/s1. The molecule has 1 amide bonds. The average Bonchev–Trinajstić information content (AvgIpc) is 3.31. The Bertz CT molecular complexity index is 987. The van der Waals surface area contributed by atoms with Crippen LogP contribution in [0, 0.1) is 17.6 Å². The van der Waals surface area contributed by atoms with E-state index in [1.165, 1.54) is 17.7 Å². The molecular formula is C23H23F2N3O. The normalized spacial score (nSPS) is 16.6. The Morgan fingerprint density at radius 3 is 2.69 bits per heavy atom. The van der Waals surface area contributed by atoms with Gasteiger partial charge in [-0.05, 0) is 30.9 Å². The molecule has 0 unspecified atom stereocenters. The van der Waals surface area contributed by atoms with E-state index < -0.39 is 11.6 Å². The Kier molecular flexibility index (Phi) is 5.69. The van der Waals surface area contributed by atoms with E-state index in [9.17, 15) is 13.6 Å². The summed E-state index contributed by atoms with van der Waals surface area (Å²) >= 11 is 0. The molecule has 2 heterocycles. The van der Waals surface area contributed by atoms with Crippen molar-refractivity contribution in [3.63, 3.8) is 0 Å². The molecule has 1 aliphatic heterocycles. The summed E-state index contributed by atoms with van der Waals surface area (Å²) in [6.45, 7) is 1.44. The minimum absolute atomic E-state index is 0.0165. The molecule has 3 aromatic rings. The Labute approximate surface area is 168 Å². The number of halogens is 2. The van der Waals surface area contributed by atoms with Crippen molar-refractivity contribution in [2.45, 2.75) is 32.4 Å². The van der Waals surface area contributed by atoms with Crippen LogP contribution < -0.4 is 0 Å². The maximum atomic E-state index is 13.9. The maximum Gasteiger partial charge on any atom is 0.226 e. The van der Waals surface area contributed by atoms with Crippen molar-refractivity contribution in [2.24, 2.45) is 5.92 Å². The monoisotopic (exact) mass is 395 g/mol. The van der Waals surface area contributed by atoms with Crippen molar-refractivity contribution < 1.29 is 13.6 Å². The van der Waals surface area contributed by atoms with Gasteiger partial charge >= 0.3 is 0 Å². The smallest absolute Gasteiger partial charge is 0.226 e. The summed E-state index contributed by atoms with van der Waals surface area (Å²) in [7, 11) is 0. The van der Waals surface area contributed by atoms with Crippen molar-refractivity contribution in [1.82, 2.24) is 14.5 Å². The Balaban J connectivity index is 1.35. The van der Waals surface area contributed by atoms with E-state index >= 15 is 0 Å². The molecule has 4 nitrogen and oxygen atoms in total. The quantitative estimate of drug-likeness (QED) is 0.602. The number of likely N-dealkylation sites (tertiary alicyclic amines) is 1. The van der Waals surface area contributed by atoms with Crippen molar-refractivity contribution in [2.75, 3.05) is 6.54 Å². The van der Waals surface area contributed by atoms with Crippen molar-refractivity contribution in [3.8, 4) is 0 Å². The molecule has 1 saturated heterocycles. The fraction of sp³-hybridized carbons (Fsp3) is 0.304. The molecule has 0 saturated carbocycles. The summed E-state index contributed by atoms with van der Waals surface area (Å²) in [6, 6.07) is 14.3. The summed E-state index contributed by atoms with van der Waals surface area (Å²) in [5.41, 5.74) is 2.52. The molecular weight excluding hydrogens is 372 g/mol. The number of benzene rings is 2. The highest BCUT2D eigenvalue weighted by molar-refractivity contribution is 5.80. The Hall–Kier alpha value is -3.02. The number of carbonyl (C=O) groups excluding carboxylic acids is 1. The van der Waals surface area contributed by atoms with Gasteiger partial charge in [0.2, 0.25) is 5.91 Å². The Morgan fingerprint density at radius 1 is 1.03 bits per heavy atom. The lowest BCUT2D eigenvalue weighted by Gasteiger charge is -2.17. The van der Waals surface area contributed by atoms with Crippen LogP contribution in [0.2, 0.25) is 0 Å². The number of aryl methyl sites for hydroxylation is 1. The molecule has 1 aromatic heterocycles. The number of imidazole rings is 1. The molecule has 6 heteroatoms. The minimum Gasteiger partial charge on any atom is -0.338 e. The first-order valence-corrected chi connectivity index (χ1v) is 9.86. The summed E-state index contributed by atoms with van der Waals surface area (Å²) in [4.78, 5) is 18.6. The summed E-state index contributed by atoms with van der Waals surface area (Å²) in [5.74, 6) is -1.82. The van der Waals surface area contributed by atoms with Gasteiger partial charge in [0, 0.05) is 43.0 Å². The highest BCUT2D eigenvalue weighted by Crippen LogP contribution is 2.26. The minimum atomic E-state index is -0.877. The third kappa shape index (κ3) is 4.36. The molecule has 4 rings (SSSR count). The fourth-order valence-electron chi connectivity index (χ4n) is 3.91. The zero-order valence-corrected chi connectivity index (χ0v) is 16.1. The molecule has 1 aliphatic rings. The van der Waals surface area contributed by atoms with Gasteiger partial charge in [0.1, 0.15) is 0 Å². The lowest BCUT2D eigenvalue weighted by atomic mass is 10.0. The van der Waals surface area contributed by atoms with Crippen LogP contribution in [0.5, 0.6) is 0 Å². The first-order chi connectivity index (χ1) is 14.1. The van der Waals surface area contributed by atoms with Gasteiger partial charge < -0.3 is 9.47 Å². The second-order valence-corrected chi connectivity index (χ2v) is 7.50. The SMILES string of the molecule is O=C1[C@@H](CCc2cncn2Cc2ccccc2)CCN1Cc1cccc(F)c1F. The van der Waals surface area contributed by atoms with Crippen LogP contribution in [0.3, 0.4) is 0 Å². The Morgan fingerprint density at radius 2 is 1.86 bits per heavy atom. The van der Waals surface area contributed by atoms with Crippen molar-refractivity contribution >= 4 is 5.91 Å². The number of hydrogen-bond donors (Lipinski definition) is 0. The zero-order chi connectivity index (χ0) is 20.2. The zero-order valence-electron chi connectivity index (χ0n) is 16.1. The topological polar surface area (TPSA) is 38.1 Å². The van der Waals surface area contributed by atoms with Crippen LogP contribution in [-0.4, -0.2) is 26.9 Å². The highest BCUT2D eigenvalue weighted by Gasteiger charge is 2.32. The van der Waals surface area contributed by atoms with Crippen LogP contribution >= 0.6 is 0 Å². The van der Waals surface area contributed by atoms with Gasteiger partial charge in [-0.3, -0.25) is 4.79 Å². The number of aromatic nitrogens is 2. The van der Waals surface area contributed by atoms with Gasteiger partial charge in [0.25, 0.3) is 0 Å². The number of nitrogens with zero attached hydrogens (tertiary/aromatic N) is 3. The van der Waals surface area contributed by atoms with E-state index in [2.05, 4.69) is 21.7 Å².